The topological polar surface area (TPSA) is 48.0 Å². The van der Waals surface area contributed by atoms with E-state index in [0.717, 1.165) is 10.9 Å². The zero-order valence-corrected chi connectivity index (χ0v) is 9.03. The number of primary amides is 1. The summed E-state index contributed by atoms with van der Waals surface area (Å²) in [7, 11) is 0. The largest absolute Gasteiger partial charge is 0.368 e. The molecule has 1 atom stereocenters. The zero-order valence-electron chi connectivity index (χ0n) is 8.27. The van der Waals surface area contributed by atoms with Gasteiger partial charge in [-0.15, -0.1) is 0 Å². The van der Waals surface area contributed by atoms with Crippen molar-refractivity contribution in [3.63, 3.8) is 0 Å². The summed E-state index contributed by atoms with van der Waals surface area (Å²) in [5, 5.41) is 1.62. The Kier molecular flexibility index (Phi) is 2.40. The number of carbonyl (C=O) groups is 1. The first kappa shape index (κ1) is 10.1. The van der Waals surface area contributed by atoms with E-state index in [9.17, 15) is 4.79 Å². The predicted molar refractivity (Wildman–Crippen MR) is 60.9 cm³/mol. The van der Waals surface area contributed by atoms with E-state index in [1.807, 2.05) is 35.0 Å². The molecule has 0 aliphatic rings. The fraction of sp³-hybridized carbons (Fsp3) is 0.182. The van der Waals surface area contributed by atoms with Crippen LogP contribution in [-0.4, -0.2) is 10.5 Å². The molecule has 1 unspecified atom stereocenters. The molecule has 0 spiro atoms. The molecule has 0 saturated carbocycles. The summed E-state index contributed by atoms with van der Waals surface area (Å²) in [4.78, 5) is 11.1. The first-order valence-electron chi connectivity index (χ1n) is 4.65. The molecule has 0 aliphatic heterocycles. The van der Waals surface area contributed by atoms with Gasteiger partial charge in [0.2, 0.25) is 5.91 Å². The SMILES string of the molecule is CC(C(N)=O)n1ccc2c(Cl)cccc21. The van der Waals surface area contributed by atoms with Gasteiger partial charge in [0.05, 0.1) is 5.52 Å². The van der Waals surface area contributed by atoms with Crippen LogP contribution < -0.4 is 5.73 Å². The standard InChI is InChI=1S/C11H11ClN2O/c1-7(11(13)15)14-6-5-8-9(12)3-2-4-10(8)14/h2-7H,1H3,(H2,13,15). The number of amides is 1. The minimum absolute atomic E-state index is 0.354. The van der Waals surface area contributed by atoms with E-state index in [1.54, 1.807) is 6.92 Å². The van der Waals surface area contributed by atoms with Crippen molar-refractivity contribution < 1.29 is 4.79 Å². The van der Waals surface area contributed by atoms with Crippen LogP contribution in [0.5, 0.6) is 0 Å². The molecule has 1 aromatic carbocycles. The van der Waals surface area contributed by atoms with Crippen molar-refractivity contribution in [2.45, 2.75) is 13.0 Å². The van der Waals surface area contributed by atoms with Crippen molar-refractivity contribution in [2.24, 2.45) is 5.73 Å². The second-order valence-corrected chi connectivity index (χ2v) is 3.88. The number of nitrogens with two attached hydrogens (primary N) is 1. The van der Waals surface area contributed by atoms with E-state index in [-0.39, 0.29) is 11.9 Å². The van der Waals surface area contributed by atoms with Crippen molar-refractivity contribution in [3.8, 4) is 0 Å². The van der Waals surface area contributed by atoms with Crippen molar-refractivity contribution in [1.82, 2.24) is 4.57 Å². The van der Waals surface area contributed by atoms with Crippen LogP contribution in [0.3, 0.4) is 0 Å². The normalized spacial score (nSPS) is 12.9. The van der Waals surface area contributed by atoms with Gasteiger partial charge in [-0.1, -0.05) is 17.7 Å². The molecule has 78 valence electrons. The van der Waals surface area contributed by atoms with Crippen LogP contribution in [-0.2, 0) is 4.79 Å². The fourth-order valence-electron chi connectivity index (χ4n) is 1.63. The molecule has 1 amide bonds. The Morgan fingerprint density at radius 2 is 2.20 bits per heavy atom. The van der Waals surface area contributed by atoms with Gasteiger partial charge in [-0.25, -0.2) is 0 Å². The monoisotopic (exact) mass is 222 g/mol. The maximum absolute atomic E-state index is 11.1. The highest BCUT2D eigenvalue weighted by molar-refractivity contribution is 6.35. The molecular weight excluding hydrogens is 212 g/mol. The molecule has 0 bridgehead atoms. The highest BCUT2D eigenvalue weighted by atomic mass is 35.5. The lowest BCUT2D eigenvalue weighted by Gasteiger charge is -2.11. The van der Waals surface area contributed by atoms with Gasteiger partial charge in [0, 0.05) is 16.6 Å². The van der Waals surface area contributed by atoms with Gasteiger partial charge in [0.1, 0.15) is 6.04 Å². The number of benzene rings is 1. The maximum atomic E-state index is 11.1. The number of rotatable bonds is 2. The summed E-state index contributed by atoms with van der Waals surface area (Å²) >= 11 is 6.03. The molecule has 1 aromatic heterocycles. The molecule has 4 heteroatoms. The molecule has 1 heterocycles. The van der Waals surface area contributed by atoms with Gasteiger partial charge in [-0.05, 0) is 25.1 Å². The summed E-state index contributed by atoms with van der Waals surface area (Å²) < 4.78 is 1.82. The predicted octanol–water partition coefficient (Wildman–Crippen LogP) is 2.34. The molecule has 0 aliphatic carbocycles. The van der Waals surface area contributed by atoms with Crippen LogP contribution in [0.4, 0.5) is 0 Å². The highest BCUT2D eigenvalue weighted by Gasteiger charge is 2.13. The van der Waals surface area contributed by atoms with Crippen molar-refractivity contribution in [2.75, 3.05) is 0 Å². The van der Waals surface area contributed by atoms with Gasteiger partial charge in [0.25, 0.3) is 0 Å². The fourth-order valence-corrected chi connectivity index (χ4v) is 1.86. The number of fused-ring (bicyclic) bond motifs is 1. The Labute approximate surface area is 92.4 Å². The third-order valence-electron chi connectivity index (χ3n) is 2.54. The number of hydrogen-bond acceptors (Lipinski definition) is 1. The van der Waals surface area contributed by atoms with Crippen molar-refractivity contribution in [1.29, 1.82) is 0 Å². The van der Waals surface area contributed by atoms with E-state index in [2.05, 4.69) is 0 Å². The molecular formula is C11H11ClN2O. The van der Waals surface area contributed by atoms with E-state index < -0.39 is 0 Å². The second kappa shape index (κ2) is 3.59. The molecule has 0 radical (unpaired) electrons. The van der Waals surface area contributed by atoms with Crippen LogP contribution >= 0.6 is 11.6 Å². The second-order valence-electron chi connectivity index (χ2n) is 3.47. The highest BCUT2D eigenvalue weighted by Crippen LogP contribution is 2.26. The number of hydrogen-bond donors (Lipinski definition) is 1. The number of nitrogens with zero attached hydrogens (tertiary/aromatic N) is 1. The van der Waals surface area contributed by atoms with Crippen molar-refractivity contribution >= 4 is 28.4 Å². The number of carbonyl (C=O) groups excluding carboxylic acids is 1. The van der Waals surface area contributed by atoms with Crippen molar-refractivity contribution in [3.05, 3.63) is 35.5 Å². The van der Waals surface area contributed by atoms with Gasteiger partial charge < -0.3 is 10.3 Å². The van der Waals surface area contributed by atoms with Crippen LogP contribution in [0.15, 0.2) is 30.5 Å². The summed E-state index contributed by atoms with van der Waals surface area (Å²) in [5.41, 5.74) is 6.19. The van der Waals surface area contributed by atoms with Gasteiger partial charge in [-0.3, -0.25) is 4.79 Å². The lowest BCUT2D eigenvalue weighted by Crippen LogP contribution is -2.23. The van der Waals surface area contributed by atoms with Crippen LogP contribution in [0.2, 0.25) is 5.02 Å². The Hall–Kier alpha value is -1.48. The molecule has 2 N–H and O–H groups in total. The van der Waals surface area contributed by atoms with E-state index in [1.165, 1.54) is 0 Å². The summed E-state index contributed by atoms with van der Waals surface area (Å²) in [6, 6.07) is 7.12. The van der Waals surface area contributed by atoms with Gasteiger partial charge in [0.15, 0.2) is 0 Å². The summed E-state index contributed by atoms with van der Waals surface area (Å²) in [5.74, 6) is -0.354. The first-order valence-corrected chi connectivity index (χ1v) is 5.03. The maximum Gasteiger partial charge on any atom is 0.240 e. The van der Waals surface area contributed by atoms with E-state index in [0.29, 0.717) is 5.02 Å². The number of halogens is 1. The Morgan fingerprint density at radius 1 is 1.47 bits per heavy atom. The molecule has 2 aromatic rings. The minimum atomic E-state index is -0.360. The Morgan fingerprint density at radius 3 is 2.87 bits per heavy atom. The average Bonchev–Trinajstić information content (AvgIpc) is 2.61. The van der Waals surface area contributed by atoms with Gasteiger partial charge in [-0.2, -0.15) is 0 Å². The quantitative estimate of drug-likeness (QED) is 0.833. The number of aromatic nitrogens is 1. The third-order valence-corrected chi connectivity index (χ3v) is 2.87. The molecule has 3 nitrogen and oxygen atoms in total. The van der Waals surface area contributed by atoms with Crippen LogP contribution in [0.1, 0.15) is 13.0 Å². The lowest BCUT2D eigenvalue weighted by atomic mass is 10.2. The summed E-state index contributed by atoms with van der Waals surface area (Å²) in [6.07, 6.45) is 1.83. The molecule has 15 heavy (non-hydrogen) atoms. The van der Waals surface area contributed by atoms with Crippen LogP contribution in [0.25, 0.3) is 10.9 Å². The zero-order chi connectivity index (χ0) is 11.0. The smallest absolute Gasteiger partial charge is 0.240 e. The molecule has 0 fully saturated rings. The summed E-state index contributed by atoms with van der Waals surface area (Å²) in [6.45, 7) is 1.77. The van der Waals surface area contributed by atoms with E-state index >= 15 is 0 Å². The molecule has 0 saturated heterocycles. The Bertz CT molecular complexity index is 518. The van der Waals surface area contributed by atoms with E-state index in [4.69, 9.17) is 17.3 Å². The van der Waals surface area contributed by atoms with Crippen LogP contribution in [0, 0.1) is 0 Å². The lowest BCUT2D eigenvalue weighted by molar-refractivity contribution is -0.120. The third kappa shape index (κ3) is 1.59. The Balaban J connectivity index is 2.64. The molecule has 2 rings (SSSR count). The first-order chi connectivity index (χ1) is 7.11. The average molecular weight is 223 g/mol. The van der Waals surface area contributed by atoms with Gasteiger partial charge >= 0.3 is 0 Å². The minimum Gasteiger partial charge on any atom is -0.368 e.